The Labute approximate surface area is 216 Å². The van der Waals surface area contributed by atoms with E-state index in [0.717, 1.165) is 0 Å². The summed E-state index contributed by atoms with van der Waals surface area (Å²) in [6.07, 6.45) is -0.398. The van der Waals surface area contributed by atoms with Crippen LogP contribution in [0.25, 0.3) is 0 Å². The van der Waals surface area contributed by atoms with Gasteiger partial charge in [0.2, 0.25) is 5.91 Å². The van der Waals surface area contributed by atoms with Gasteiger partial charge in [-0.2, -0.15) is 0 Å². The third kappa shape index (κ3) is 6.84. The fraction of sp³-hybridized carbons (Fsp3) is 0.444. The van der Waals surface area contributed by atoms with Crippen LogP contribution < -0.4 is 10.1 Å². The van der Waals surface area contributed by atoms with Crippen molar-refractivity contribution in [2.24, 2.45) is 5.92 Å². The van der Waals surface area contributed by atoms with Crippen molar-refractivity contribution < 1.29 is 33.0 Å². The van der Waals surface area contributed by atoms with E-state index in [1.54, 1.807) is 43.3 Å². The van der Waals surface area contributed by atoms with E-state index in [0.29, 0.717) is 11.4 Å². The summed E-state index contributed by atoms with van der Waals surface area (Å²) < 4.78 is 31.1. The summed E-state index contributed by atoms with van der Waals surface area (Å²) in [6.45, 7) is 4.18. The maximum atomic E-state index is 14.5. The van der Waals surface area contributed by atoms with E-state index in [1.165, 1.54) is 30.2 Å². The van der Waals surface area contributed by atoms with Gasteiger partial charge in [-0.1, -0.05) is 19.1 Å². The first-order valence-electron chi connectivity index (χ1n) is 12.1. The van der Waals surface area contributed by atoms with Crippen LogP contribution in [0.4, 0.5) is 10.1 Å². The van der Waals surface area contributed by atoms with Crippen LogP contribution in [-0.2, 0) is 14.3 Å². The van der Waals surface area contributed by atoms with Gasteiger partial charge in [-0.25, -0.2) is 4.39 Å². The molecule has 1 aliphatic rings. The van der Waals surface area contributed by atoms with Crippen LogP contribution in [0.1, 0.15) is 34.6 Å². The number of hydrogen-bond donors (Lipinski definition) is 1. The molecule has 1 N–H and O–H groups in total. The number of nitrogens with one attached hydrogen (secondary N) is 1. The zero-order chi connectivity index (χ0) is 27.1. The molecule has 3 amide bonds. The Morgan fingerprint density at radius 2 is 1.86 bits per heavy atom. The molecule has 0 saturated heterocycles. The first-order chi connectivity index (χ1) is 17.7. The fourth-order valence-corrected chi connectivity index (χ4v) is 4.25. The number of ether oxygens (including phenoxy) is 3. The van der Waals surface area contributed by atoms with Crippen molar-refractivity contribution in [3.8, 4) is 5.75 Å². The van der Waals surface area contributed by atoms with Crippen LogP contribution >= 0.6 is 0 Å². The fourth-order valence-electron chi connectivity index (χ4n) is 4.25. The van der Waals surface area contributed by atoms with Crippen molar-refractivity contribution in [3.05, 3.63) is 59.4 Å². The zero-order valence-electron chi connectivity index (χ0n) is 21.8. The van der Waals surface area contributed by atoms with E-state index in [4.69, 9.17) is 14.2 Å². The number of carbonyl (C=O) groups is 3. The van der Waals surface area contributed by atoms with Gasteiger partial charge in [0, 0.05) is 46.0 Å². The molecule has 0 unspecified atom stereocenters. The van der Waals surface area contributed by atoms with Crippen LogP contribution in [0.15, 0.2) is 42.5 Å². The molecular weight excluding hydrogens is 481 g/mol. The molecule has 0 radical (unpaired) electrons. The first kappa shape index (κ1) is 28.1. The number of benzene rings is 2. The summed E-state index contributed by atoms with van der Waals surface area (Å²) in [4.78, 5) is 41.9. The monoisotopic (exact) mass is 515 g/mol. The summed E-state index contributed by atoms with van der Waals surface area (Å²) in [5, 5.41) is 2.69. The molecule has 2 aromatic rings. The van der Waals surface area contributed by atoms with Crippen molar-refractivity contribution in [1.82, 2.24) is 9.80 Å². The lowest BCUT2D eigenvalue weighted by atomic mass is 10.0. The smallest absolute Gasteiger partial charge is 0.257 e. The highest BCUT2D eigenvalue weighted by molar-refractivity contribution is 5.99. The Bertz CT molecular complexity index is 1130. The van der Waals surface area contributed by atoms with Crippen molar-refractivity contribution in [3.63, 3.8) is 0 Å². The molecule has 0 spiro atoms. The summed E-state index contributed by atoms with van der Waals surface area (Å²) >= 11 is 0. The third-order valence-electron chi connectivity index (χ3n) is 6.37. The predicted octanol–water partition coefficient (Wildman–Crippen LogP) is 3.06. The highest BCUT2D eigenvalue weighted by Crippen LogP contribution is 2.27. The number of anilines is 1. The zero-order valence-corrected chi connectivity index (χ0v) is 21.8. The number of fused-ring (bicyclic) bond motifs is 1. The number of halogens is 1. The van der Waals surface area contributed by atoms with Gasteiger partial charge < -0.3 is 29.3 Å². The molecule has 1 aliphatic heterocycles. The molecule has 2 aromatic carbocycles. The van der Waals surface area contributed by atoms with Gasteiger partial charge in [0.25, 0.3) is 11.8 Å². The number of rotatable bonds is 5. The van der Waals surface area contributed by atoms with Gasteiger partial charge in [-0.05, 0) is 37.3 Å². The van der Waals surface area contributed by atoms with Crippen LogP contribution in [0.2, 0.25) is 0 Å². The summed E-state index contributed by atoms with van der Waals surface area (Å²) in [7, 11) is 4.62. The molecule has 0 aliphatic carbocycles. The summed E-state index contributed by atoms with van der Waals surface area (Å²) in [5.74, 6) is -1.59. The van der Waals surface area contributed by atoms with Gasteiger partial charge in [-0.3, -0.25) is 14.4 Å². The van der Waals surface area contributed by atoms with E-state index in [-0.39, 0.29) is 55.2 Å². The maximum absolute atomic E-state index is 14.5. The highest BCUT2D eigenvalue weighted by atomic mass is 19.1. The maximum Gasteiger partial charge on any atom is 0.257 e. The second-order valence-electron chi connectivity index (χ2n) is 9.23. The van der Waals surface area contributed by atoms with Crippen molar-refractivity contribution >= 4 is 23.4 Å². The minimum atomic E-state index is -0.596. The van der Waals surface area contributed by atoms with E-state index in [9.17, 15) is 18.8 Å². The Kier molecular flexibility index (Phi) is 9.60. The Hall–Kier alpha value is -3.50. The first-order valence-corrected chi connectivity index (χ1v) is 12.1. The van der Waals surface area contributed by atoms with Crippen molar-refractivity contribution in [2.75, 3.05) is 52.9 Å². The third-order valence-corrected chi connectivity index (χ3v) is 6.37. The molecule has 0 aromatic heterocycles. The molecular formula is C27H34FN3O6. The lowest BCUT2D eigenvalue weighted by Gasteiger charge is -2.36. The molecule has 0 fully saturated rings. The van der Waals surface area contributed by atoms with Crippen LogP contribution in [0, 0.1) is 11.7 Å². The molecule has 9 nitrogen and oxygen atoms in total. The molecule has 10 heteroatoms. The minimum Gasteiger partial charge on any atom is -0.491 e. The molecule has 37 heavy (non-hydrogen) atoms. The SMILES string of the molecule is COCC(=O)Nc1ccc2c(c1)C(=O)N(C)C[C@@H](OC)[C@@H](C)CN(C(=O)c1ccccc1F)[C@@H](C)CO2. The lowest BCUT2D eigenvalue weighted by Crippen LogP contribution is -2.48. The standard InChI is InChI=1S/C27H34FN3O6/c1-17-13-31(27(34)20-8-6-7-9-22(20)28)18(2)15-37-23-11-10-19(29-25(32)16-35-4)12-21(23)26(33)30(3)14-24(17)36-5/h6-12,17-18,24H,13-16H2,1-5H3,(H,29,32)/t17-,18-,24+/m0/s1. The molecule has 3 atom stereocenters. The number of nitrogens with zero attached hydrogens (tertiary/aromatic N) is 2. The van der Waals surface area contributed by atoms with Gasteiger partial charge in [0.05, 0.1) is 23.3 Å². The quantitative estimate of drug-likeness (QED) is 0.658. The molecule has 3 rings (SSSR count). The lowest BCUT2D eigenvalue weighted by molar-refractivity contribution is -0.119. The molecule has 200 valence electrons. The van der Waals surface area contributed by atoms with Gasteiger partial charge >= 0.3 is 0 Å². The van der Waals surface area contributed by atoms with Gasteiger partial charge in [0.15, 0.2) is 0 Å². The minimum absolute atomic E-state index is 0.0215. The number of methoxy groups -OCH3 is 2. The second-order valence-corrected chi connectivity index (χ2v) is 9.23. The van der Waals surface area contributed by atoms with Crippen LogP contribution in [-0.4, -0.2) is 87.2 Å². The molecule has 1 heterocycles. The molecule has 0 saturated carbocycles. The van der Waals surface area contributed by atoms with Crippen molar-refractivity contribution in [2.45, 2.75) is 26.0 Å². The van der Waals surface area contributed by atoms with E-state index >= 15 is 0 Å². The normalized spacial score (nSPS) is 20.8. The Balaban J connectivity index is 1.98. The molecule has 0 bridgehead atoms. The highest BCUT2D eigenvalue weighted by Gasteiger charge is 2.31. The van der Waals surface area contributed by atoms with E-state index in [2.05, 4.69) is 5.32 Å². The van der Waals surface area contributed by atoms with E-state index in [1.807, 2.05) is 13.8 Å². The van der Waals surface area contributed by atoms with Crippen LogP contribution in [0.5, 0.6) is 5.75 Å². The van der Waals surface area contributed by atoms with Crippen molar-refractivity contribution in [1.29, 1.82) is 0 Å². The van der Waals surface area contributed by atoms with Crippen LogP contribution in [0.3, 0.4) is 0 Å². The summed E-state index contributed by atoms with van der Waals surface area (Å²) in [6, 6.07) is 10.2. The summed E-state index contributed by atoms with van der Waals surface area (Å²) in [5.41, 5.74) is 0.644. The average molecular weight is 516 g/mol. The number of hydrogen-bond acceptors (Lipinski definition) is 6. The number of likely N-dealkylation sites (N-methyl/N-ethyl adjacent to an activating group) is 1. The largest absolute Gasteiger partial charge is 0.491 e. The predicted molar refractivity (Wildman–Crippen MR) is 136 cm³/mol. The number of carbonyl (C=O) groups excluding carboxylic acids is 3. The second kappa shape index (κ2) is 12.6. The number of amides is 3. The average Bonchev–Trinajstić information content (AvgIpc) is 2.88. The Morgan fingerprint density at radius 1 is 1.14 bits per heavy atom. The van der Waals surface area contributed by atoms with Gasteiger partial charge in [0.1, 0.15) is 24.8 Å². The van der Waals surface area contributed by atoms with Gasteiger partial charge in [-0.15, -0.1) is 0 Å². The topological polar surface area (TPSA) is 97.4 Å². The van der Waals surface area contributed by atoms with E-state index < -0.39 is 23.9 Å². The Morgan fingerprint density at radius 3 is 2.54 bits per heavy atom.